The van der Waals surface area contributed by atoms with Crippen LogP contribution in [0.2, 0.25) is 0 Å². The van der Waals surface area contributed by atoms with E-state index < -0.39 is 36.3 Å². The third-order valence-corrected chi connectivity index (χ3v) is 2.14. The van der Waals surface area contributed by atoms with Crippen LogP contribution >= 0.6 is 0 Å². The molecule has 6 nitrogen and oxygen atoms in total. The van der Waals surface area contributed by atoms with Crippen LogP contribution in [0.25, 0.3) is 0 Å². The zero-order valence-electron chi connectivity index (χ0n) is 7.57. The van der Waals surface area contributed by atoms with Crippen LogP contribution in [-0.2, 0) is 9.53 Å². The van der Waals surface area contributed by atoms with Crippen LogP contribution in [0.3, 0.4) is 0 Å². The molecule has 0 aromatic carbocycles. The normalized spacial score (nSPS) is 40.6. The molecule has 1 fully saturated rings. The molecule has 1 aliphatic heterocycles. The standard InChI is InChI=1S/C8H13O6/c1-3(9)5(11)8-7(13)6(12)4(10)2-14-8/h2,4-8,10-13H,1H3/t4-,5?,6-,7+,8-/m1/s1. The molecule has 81 valence electrons. The van der Waals surface area contributed by atoms with Gasteiger partial charge in [0.2, 0.25) is 0 Å². The van der Waals surface area contributed by atoms with Crippen LogP contribution in [0.1, 0.15) is 6.92 Å². The van der Waals surface area contributed by atoms with Gasteiger partial charge < -0.3 is 25.2 Å². The van der Waals surface area contributed by atoms with E-state index in [9.17, 15) is 20.1 Å². The van der Waals surface area contributed by atoms with Crippen molar-refractivity contribution in [2.75, 3.05) is 0 Å². The van der Waals surface area contributed by atoms with Gasteiger partial charge in [-0.2, -0.15) is 0 Å². The van der Waals surface area contributed by atoms with Gasteiger partial charge in [-0.25, -0.2) is 0 Å². The Bertz CT molecular complexity index is 218. The summed E-state index contributed by atoms with van der Waals surface area (Å²) in [5.41, 5.74) is 0. The van der Waals surface area contributed by atoms with Gasteiger partial charge in [0.05, 0.1) is 0 Å². The zero-order valence-corrected chi connectivity index (χ0v) is 7.57. The van der Waals surface area contributed by atoms with Crippen LogP contribution in [0.5, 0.6) is 0 Å². The average Bonchev–Trinajstić information content (AvgIpc) is 2.13. The first kappa shape index (κ1) is 11.5. The average molecular weight is 205 g/mol. The second-order valence-electron chi connectivity index (χ2n) is 3.26. The molecule has 0 bridgehead atoms. The topological polar surface area (TPSA) is 107 Å². The van der Waals surface area contributed by atoms with E-state index in [4.69, 9.17) is 9.84 Å². The van der Waals surface area contributed by atoms with Crippen molar-refractivity contribution in [3.8, 4) is 0 Å². The summed E-state index contributed by atoms with van der Waals surface area (Å²) in [5.74, 6) is -0.578. The summed E-state index contributed by atoms with van der Waals surface area (Å²) in [5, 5.41) is 36.9. The molecule has 1 rings (SSSR count). The molecule has 14 heavy (non-hydrogen) atoms. The van der Waals surface area contributed by atoms with Gasteiger partial charge in [-0.05, 0) is 6.92 Å². The number of hydrogen-bond acceptors (Lipinski definition) is 6. The van der Waals surface area contributed by atoms with E-state index >= 15 is 0 Å². The third-order valence-electron chi connectivity index (χ3n) is 2.14. The Morgan fingerprint density at radius 1 is 1.36 bits per heavy atom. The number of hydrogen-bond donors (Lipinski definition) is 4. The van der Waals surface area contributed by atoms with Gasteiger partial charge in [-0.15, -0.1) is 0 Å². The fourth-order valence-corrected chi connectivity index (χ4v) is 1.22. The number of Topliss-reactive ketones (excluding diaryl/α,β-unsaturated/α-hetero) is 1. The lowest BCUT2D eigenvalue weighted by Gasteiger charge is -2.36. The molecule has 1 saturated heterocycles. The number of ketones is 1. The SMILES string of the molecule is CC(=O)C(O)[C@H]1O[CH][C@@H](O)[C@@H](O)[C@@H]1O. The summed E-state index contributed by atoms with van der Waals surface area (Å²) in [6, 6.07) is 0. The van der Waals surface area contributed by atoms with Gasteiger partial charge in [0.15, 0.2) is 5.78 Å². The van der Waals surface area contributed by atoms with Gasteiger partial charge in [0.1, 0.15) is 37.1 Å². The smallest absolute Gasteiger partial charge is 0.160 e. The van der Waals surface area contributed by atoms with E-state index in [0.717, 1.165) is 13.5 Å². The number of ether oxygens (including phenoxy) is 1. The minimum atomic E-state index is -1.51. The second-order valence-corrected chi connectivity index (χ2v) is 3.26. The van der Waals surface area contributed by atoms with Crippen LogP contribution in [-0.4, -0.2) is 56.7 Å². The maximum absolute atomic E-state index is 10.8. The Kier molecular flexibility index (Phi) is 3.57. The number of rotatable bonds is 2. The Morgan fingerprint density at radius 3 is 2.43 bits per heavy atom. The third kappa shape index (κ3) is 2.10. The molecule has 0 aliphatic carbocycles. The molecule has 1 heterocycles. The van der Waals surface area contributed by atoms with Gasteiger partial charge in [0, 0.05) is 0 Å². The fourth-order valence-electron chi connectivity index (χ4n) is 1.22. The van der Waals surface area contributed by atoms with Crippen molar-refractivity contribution in [3.05, 3.63) is 6.61 Å². The molecule has 6 heteroatoms. The van der Waals surface area contributed by atoms with E-state index in [1.807, 2.05) is 0 Å². The highest BCUT2D eigenvalue weighted by Crippen LogP contribution is 2.21. The van der Waals surface area contributed by atoms with Crippen molar-refractivity contribution < 1.29 is 30.0 Å². The fraction of sp³-hybridized carbons (Fsp3) is 0.750. The summed E-state index contributed by atoms with van der Waals surface area (Å²) in [7, 11) is 0. The lowest BCUT2D eigenvalue weighted by molar-refractivity contribution is -0.188. The van der Waals surface area contributed by atoms with E-state index in [-0.39, 0.29) is 0 Å². The molecule has 5 atom stereocenters. The van der Waals surface area contributed by atoms with Crippen LogP contribution in [0, 0.1) is 6.61 Å². The molecular weight excluding hydrogens is 192 g/mol. The lowest BCUT2D eigenvalue weighted by atomic mass is 9.95. The Morgan fingerprint density at radius 2 is 1.93 bits per heavy atom. The molecule has 1 unspecified atom stereocenters. The van der Waals surface area contributed by atoms with Crippen molar-refractivity contribution >= 4 is 5.78 Å². The lowest BCUT2D eigenvalue weighted by Crippen LogP contribution is -2.56. The summed E-state index contributed by atoms with van der Waals surface area (Å²) in [6.45, 7) is 2.02. The van der Waals surface area contributed by atoms with Gasteiger partial charge >= 0.3 is 0 Å². The van der Waals surface area contributed by atoms with Crippen LogP contribution in [0.15, 0.2) is 0 Å². The largest absolute Gasteiger partial charge is 0.387 e. The molecular formula is C8H13O6. The molecule has 0 aromatic rings. The summed E-state index contributed by atoms with van der Waals surface area (Å²) in [6.07, 6.45) is -7.01. The number of aliphatic hydroxyl groups is 4. The highest BCUT2D eigenvalue weighted by molar-refractivity contribution is 5.80. The summed E-state index contributed by atoms with van der Waals surface area (Å²) >= 11 is 0. The minimum absolute atomic E-state index is 0.578. The Balaban J connectivity index is 2.67. The minimum Gasteiger partial charge on any atom is -0.387 e. The molecule has 0 aromatic heterocycles. The highest BCUT2D eigenvalue weighted by atomic mass is 16.5. The first-order chi connectivity index (χ1) is 6.45. The van der Waals surface area contributed by atoms with Crippen molar-refractivity contribution in [2.45, 2.75) is 37.4 Å². The molecule has 0 spiro atoms. The molecule has 0 saturated carbocycles. The van der Waals surface area contributed by atoms with Crippen molar-refractivity contribution in [3.63, 3.8) is 0 Å². The number of carbonyl (C=O) groups excluding carboxylic acids is 1. The Hall–Kier alpha value is -0.530. The van der Waals surface area contributed by atoms with E-state index in [1.165, 1.54) is 0 Å². The van der Waals surface area contributed by atoms with E-state index in [1.54, 1.807) is 0 Å². The Labute approximate surface area is 80.7 Å². The molecule has 1 aliphatic rings. The van der Waals surface area contributed by atoms with Gasteiger partial charge in [-0.3, -0.25) is 4.79 Å². The molecule has 4 N–H and O–H groups in total. The second kappa shape index (κ2) is 4.33. The first-order valence-corrected chi connectivity index (χ1v) is 4.16. The van der Waals surface area contributed by atoms with Crippen molar-refractivity contribution in [1.29, 1.82) is 0 Å². The monoisotopic (exact) mass is 205 g/mol. The van der Waals surface area contributed by atoms with Crippen molar-refractivity contribution in [1.82, 2.24) is 0 Å². The van der Waals surface area contributed by atoms with E-state index in [0.29, 0.717) is 0 Å². The molecule has 0 amide bonds. The maximum atomic E-state index is 10.8. The van der Waals surface area contributed by atoms with Gasteiger partial charge in [-0.1, -0.05) is 0 Å². The molecule has 1 radical (unpaired) electrons. The van der Waals surface area contributed by atoms with E-state index in [2.05, 4.69) is 0 Å². The summed E-state index contributed by atoms with van der Waals surface area (Å²) in [4.78, 5) is 10.8. The maximum Gasteiger partial charge on any atom is 0.160 e. The first-order valence-electron chi connectivity index (χ1n) is 4.16. The quantitative estimate of drug-likeness (QED) is 0.399. The van der Waals surface area contributed by atoms with Crippen LogP contribution in [0.4, 0.5) is 0 Å². The predicted molar refractivity (Wildman–Crippen MR) is 43.9 cm³/mol. The van der Waals surface area contributed by atoms with Crippen molar-refractivity contribution in [2.24, 2.45) is 0 Å². The highest BCUT2D eigenvalue weighted by Gasteiger charge is 2.42. The van der Waals surface area contributed by atoms with Gasteiger partial charge in [0.25, 0.3) is 0 Å². The van der Waals surface area contributed by atoms with Crippen LogP contribution < -0.4 is 0 Å². The number of carbonyl (C=O) groups is 1. The zero-order chi connectivity index (χ0) is 10.9. The number of aliphatic hydroxyl groups excluding tert-OH is 4. The predicted octanol–water partition coefficient (Wildman–Crippen LogP) is -2.42. The summed E-state index contributed by atoms with van der Waals surface area (Å²) < 4.78 is 4.74.